The molecule has 0 spiro atoms. The molecular formula is C13H25N. The van der Waals surface area contributed by atoms with Gasteiger partial charge in [-0.05, 0) is 31.8 Å². The molecule has 0 fully saturated rings. The number of hydrogen-bond donors (Lipinski definition) is 1. The molecule has 0 radical (unpaired) electrons. The van der Waals surface area contributed by atoms with Crippen LogP contribution in [0.15, 0.2) is 0 Å². The van der Waals surface area contributed by atoms with Crippen LogP contribution in [0.5, 0.6) is 0 Å². The first kappa shape index (κ1) is 13.5. The molecule has 1 N–H and O–H groups in total. The summed E-state index contributed by atoms with van der Waals surface area (Å²) in [5, 5.41) is 3.48. The molecule has 0 bridgehead atoms. The van der Waals surface area contributed by atoms with E-state index in [2.05, 4.69) is 25.1 Å². The summed E-state index contributed by atoms with van der Waals surface area (Å²) >= 11 is 0. The lowest BCUT2D eigenvalue weighted by Gasteiger charge is -2.14. The number of unbranched alkanes of at least 4 members (excludes halogenated alkanes) is 2. The molecule has 1 heteroatoms. The number of terminal acetylenes is 1. The minimum absolute atomic E-state index is 0.862. The number of hydrogen-bond acceptors (Lipinski definition) is 1. The van der Waals surface area contributed by atoms with Crippen LogP contribution in [0.1, 0.15) is 52.4 Å². The minimum Gasteiger partial charge on any atom is -0.316 e. The Balaban J connectivity index is 3.29. The lowest BCUT2D eigenvalue weighted by Crippen LogP contribution is -2.23. The molecule has 0 aliphatic carbocycles. The maximum atomic E-state index is 5.18. The van der Waals surface area contributed by atoms with Crippen LogP contribution in [0.2, 0.25) is 0 Å². The summed E-state index contributed by atoms with van der Waals surface area (Å²) in [6, 6.07) is 0. The molecule has 0 saturated heterocycles. The quantitative estimate of drug-likeness (QED) is 0.440. The van der Waals surface area contributed by atoms with Crippen molar-refractivity contribution in [3.05, 3.63) is 0 Å². The molecule has 0 aromatic heterocycles. The van der Waals surface area contributed by atoms with E-state index < -0.39 is 0 Å². The summed E-state index contributed by atoms with van der Waals surface area (Å²) in [7, 11) is 0. The van der Waals surface area contributed by atoms with Crippen molar-refractivity contribution in [2.75, 3.05) is 13.1 Å². The Morgan fingerprint density at radius 2 is 2.07 bits per heavy atom. The van der Waals surface area contributed by atoms with E-state index in [9.17, 15) is 0 Å². The van der Waals surface area contributed by atoms with Gasteiger partial charge in [0.25, 0.3) is 0 Å². The Kier molecular flexibility index (Phi) is 10.2. The van der Waals surface area contributed by atoms with Gasteiger partial charge in [0.05, 0.1) is 0 Å². The third kappa shape index (κ3) is 8.13. The van der Waals surface area contributed by atoms with Crippen LogP contribution in [-0.2, 0) is 0 Å². The van der Waals surface area contributed by atoms with Gasteiger partial charge < -0.3 is 5.32 Å². The van der Waals surface area contributed by atoms with Gasteiger partial charge in [-0.15, -0.1) is 12.3 Å². The van der Waals surface area contributed by atoms with Gasteiger partial charge in [-0.2, -0.15) is 0 Å². The second-order valence-electron chi connectivity index (χ2n) is 3.93. The third-order valence-corrected chi connectivity index (χ3v) is 2.65. The Bertz CT molecular complexity index is 146. The molecule has 0 heterocycles. The highest BCUT2D eigenvalue weighted by atomic mass is 14.8. The molecule has 0 aromatic carbocycles. The SMILES string of the molecule is C#CCCCNCC(CC)CCCC. The molecule has 82 valence electrons. The van der Waals surface area contributed by atoms with E-state index in [0.717, 1.165) is 25.3 Å². The molecule has 0 rings (SSSR count). The van der Waals surface area contributed by atoms with E-state index in [1.54, 1.807) is 0 Å². The monoisotopic (exact) mass is 195 g/mol. The zero-order chi connectivity index (χ0) is 10.6. The van der Waals surface area contributed by atoms with Crippen LogP contribution in [0.4, 0.5) is 0 Å². The molecule has 0 saturated carbocycles. The number of rotatable bonds is 9. The van der Waals surface area contributed by atoms with Gasteiger partial charge >= 0.3 is 0 Å². The smallest absolute Gasteiger partial charge is 0.00981 e. The second kappa shape index (κ2) is 10.6. The van der Waals surface area contributed by atoms with E-state index >= 15 is 0 Å². The summed E-state index contributed by atoms with van der Waals surface area (Å²) in [5.41, 5.74) is 0. The topological polar surface area (TPSA) is 12.0 Å². The van der Waals surface area contributed by atoms with Crippen molar-refractivity contribution in [2.24, 2.45) is 5.92 Å². The van der Waals surface area contributed by atoms with E-state index in [1.807, 2.05) is 0 Å². The molecule has 1 atom stereocenters. The highest BCUT2D eigenvalue weighted by molar-refractivity contribution is 4.83. The normalized spacial score (nSPS) is 12.4. The fourth-order valence-electron chi connectivity index (χ4n) is 1.56. The lowest BCUT2D eigenvalue weighted by atomic mass is 9.99. The fraction of sp³-hybridized carbons (Fsp3) is 0.846. The van der Waals surface area contributed by atoms with Crippen molar-refractivity contribution in [3.63, 3.8) is 0 Å². The van der Waals surface area contributed by atoms with Crippen LogP contribution >= 0.6 is 0 Å². The van der Waals surface area contributed by atoms with Gasteiger partial charge in [0.2, 0.25) is 0 Å². The van der Waals surface area contributed by atoms with Gasteiger partial charge in [-0.1, -0.05) is 33.1 Å². The first-order valence-electron chi connectivity index (χ1n) is 5.99. The Morgan fingerprint density at radius 3 is 2.64 bits per heavy atom. The molecule has 0 amide bonds. The van der Waals surface area contributed by atoms with E-state index in [-0.39, 0.29) is 0 Å². The highest BCUT2D eigenvalue weighted by Crippen LogP contribution is 2.10. The largest absolute Gasteiger partial charge is 0.316 e. The third-order valence-electron chi connectivity index (χ3n) is 2.65. The van der Waals surface area contributed by atoms with E-state index in [1.165, 1.54) is 32.2 Å². The summed E-state index contributed by atoms with van der Waals surface area (Å²) in [4.78, 5) is 0. The van der Waals surface area contributed by atoms with Crippen molar-refractivity contribution < 1.29 is 0 Å². The zero-order valence-electron chi connectivity index (χ0n) is 9.81. The number of nitrogens with one attached hydrogen (secondary N) is 1. The van der Waals surface area contributed by atoms with Crippen LogP contribution in [0.3, 0.4) is 0 Å². The molecule has 0 aliphatic rings. The van der Waals surface area contributed by atoms with Gasteiger partial charge in [-0.3, -0.25) is 0 Å². The Hall–Kier alpha value is -0.480. The van der Waals surface area contributed by atoms with Crippen molar-refractivity contribution in [1.82, 2.24) is 5.32 Å². The van der Waals surface area contributed by atoms with Crippen LogP contribution in [0, 0.1) is 18.3 Å². The Labute approximate surface area is 89.7 Å². The minimum atomic E-state index is 0.862. The molecule has 1 nitrogen and oxygen atoms in total. The summed E-state index contributed by atoms with van der Waals surface area (Å²) < 4.78 is 0. The zero-order valence-corrected chi connectivity index (χ0v) is 9.81. The molecule has 1 unspecified atom stereocenters. The Morgan fingerprint density at radius 1 is 1.29 bits per heavy atom. The predicted octanol–water partition coefficient (Wildman–Crippen LogP) is 3.21. The van der Waals surface area contributed by atoms with Crippen molar-refractivity contribution in [1.29, 1.82) is 0 Å². The average molecular weight is 195 g/mol. The predicted molar refractivity (Wildman–Crippen MR) is 64.2 cm³/mol. The summed E-state index contributed by atoms with van der Waals surface area (Å²) in [6.45, 7) is 6.78. The molecular weight excluding hydrogens is 170 g/mol. The summed E-state index contributed by atoms with van der Waals surface area (Å²) in [6.07, 6.45) is 12.5. The van der Waals surface area contributed by atoms with Gasteiger partial charge in [0.15, 0.2) is 0 Å². The van der Waals surface area contributed by atoms with E-state index in [4.69, 9.17) is 6.42 Å². The average Bonchev–Trinajstić information content (AvgIpc) is 2.22. The summed E-state index contributed by atoms with van der Waals surface area (Å²) in [5.74, 6) is 3.53. The molecule has 14 heavy (non-hydrogen) atoms. The van der Waals surface area contributed by atoms with Crippen LogP contribution < -0.4 is 5.32 Å². The van der Waals surface area contributed by atoms with Crippen molar-refractivity contribution in [3.8, 4) is 12.3 Å². The molecule has 0 aliphatic heterocycles. The first-order valence-corrected chi connectivity index (χ1v) is 5.99. The van der Waals surface area contributed by atoms with Crippen LogP contribution in [-0.4, -0.2) is 13.1 Å². The van der Waals surface area contributed by atoms with Gasteiger partial charge in [0.1, 0.15) is 0 Å². The maximum absolute atomic E-state index is 5.18. The second-order valence-corrected chi connectivity index (χ2v) is 3.93. The standard InChI is InChI=1S/C13H25N/c1-4-7-9-11-14-12-13(6-3)10-8-5-2/h1,13-14H,5-12H2,2-3H3. The lowest BCUT2D eigenvalue weighted by molar-refractivity contribution is 0.419. The molecule has 0 aromatic rings. The fourth-order valence-corrected chi connectivity index (χ4v) is 1.56. The van der Waals surface area contributed by atoms with Crippen molar-refractivity contribution >= 4 is 0 Å². The van der Waals surface area contributed by atoms with Crippen molar-refractivity contribution in [2.45, 2.75) is 52.4 Å². The maximum Gasteiger partial charge on any atom is 0.00981 e. The van der Waals surface area contributed by atoms with Crippen LogP contribution in [0.25, 0.3) is 0 Å². The van der Waals surface area contributed by atoms with E-state index in [0.29, 0.717) is 0 Å². The highest BCUT2D eigenvalue weighted by Gasteiger charge is 2.03. The van der Waals surface area contributed by atoms with Gasteiger partial charge in [0, 0.05) is 6.42 Å². The first-order chi connectivity index (χ1) is 6.85. The van der Waals surface area contributed by atoms with Gasteiger partial charge in [-0.25, -0.2) is 0 Å².